The van der Waals surface area contributed by atoms with Gasteiger partial charge in [-0.05, 0) is 6.42 Å². The maximum absolute atomic E-state index is 13.1. The van der Waals surface area contributed by atoms with E-state index in [1.54, 1.807) is 0 Å². The van der Waals surface area contributed by atoms with Crippen LogP contribution in [0.5, 0.6) is 0 Å². The Bertz CT molecular complexity index is 193. The number of hydrogen-bond donors (Lipinski definition) is 0. The van der Waals surface area contributed by atoms with Crippen LogP contribution in [0.1, 0.15) is 39.0 Å². The van der Waals surface area contributed by atoms with Crippen molar-refractivity contribution in [3.63, 3.8) is 0 Å². The predicted octanol–water partition coefficient (Wildman–Crippen LogP) is 3.36. The zero-order valence-electron chi connectivity index (χ0n) is 8.44. The fourth-order valence-corrected chi connectivity index (χ4v) is 1.12. The highest BCUT2D eigenvalue weighted by Crippen LogP contribution is 2.38. The van der Waals surface area contributed by atoms with E-state index < -0.39 is 24.9 Å². The monoisotopic (exact) mass is 230 g/mol. The van der Waals surface area contributed by atoms with Crippen LogP contribution in [0.15, 0.2) is 0 Å². The Hall–Kier alpha value is -0.810. The summed E-state index contributed by atoms with van der Waals surface area (Å²) in [6.45, 7) is 1.38. The van der Waals surface area contributed by atoms with Crippen LogP contribution in [0.2, 0.25) is 0 Å². The summed E-state index contributed by atoms with van der Waals surface area (Å²) in [4.78, 5) is 9.79. The lowest BCUT2D eigenvalue weighted by Gasteiger charge is -2.25. The number of carbonyl (C=O) groups excluding carboxylic acids is 1. The highest BCUT2D eigenvalue weighted by atomic mass is 19.4. The van der Waals surface area contributed by atoms with E-state index in [2.05, 4.69) is 4.74 Å². The first-order chi connectivity index (χ1) is 6.87. The highest BCUT2D eigenvalue weighted by Gasteiger charge is 2.58. The van der Waals surface area contributed by atoms with Crippen LogP contribution in [0, 0.1) is 0 Å². The van der Waals surface area contributed by atoms with Gasteiger partial charge in [-0.25, -0.2) is 0 Å². The van der Waals surface area contributed by atoms with E-state index in [1.165, 1.54) is 0 Å². The molecule has 1 atom stereocenters. The molecule has 0 heterocycles. The molecule has 0 aliphatic heterocycles. The van der Waals surface area contributed by atoms with Gasteiger partial charge in [-0.3, -0.25) is 4.79 Å². The summed E-state index contributed by atoms with van der Waals surface area (Å²) < 4.78 is 53.1. The Kier molecular flexibility index (Phi) is 5.60. The van der Waals surface area contributed by atoms with Gasteiger partial charge in [0.2, 0.25) is 0 Å². The highest BCUT2D eigenvalue weighted by molar-refractivity contribution is 5.38. The number of carbonyl (C=O) groups is 1. The lowest BCUT2D eigenvalue weighted by molar-refractivity contribution is -0.318. The smallest absolute Gasteiger partial charge is 0.421 e. The molecule has 0 radical (unpaired) electrons. The van der Waals surface area contributed by atoms with Gasteiger partial charge < -0.3 is 4.74 Å². The number of unbranched alkanes of at least 4 members (excludes halogenated alkanes) is 3. The van der Waals surface area contributed by atoms with E-state index >= 15 is 0 Å². The average Bonchev–Trinajstić information content (AvgIpc) is 2.11. The molecule has 0 saturated carbocycles. The number of rotatable bonds is 7. The molecule has 0 aliphatic carbocycles. The van der Waals surface area contributed by atoms with Gasteiger partial charge in [-0.2, -0.15) is 17.6 Å². The Morgan fingerprint density at radius 2 is 1.73 bits per heavy atom. The third-order valence-corrected chi connectivity index (χ3v) is 2.01. The van der Waals surface area contributed by atoms with Crippen LogP contribution < -0.4 is 0 Å². The van der Waals surface area contributed by atoms with Gasteiger partial charge in [0.05, 0.1) is 0 Å². The van der Waals surface area contributed by atoms with E-state index in [0.717, 1.165) is 12.8 Å². The van der Waals surface area contributed by atoms with Crippen molar-refractivity contribution in [2.75, 3.05) is 0 Å². The van der Waals surface area contributed by atoms with Gasteiger partial charge in [0.1, 0.15) is 0 Å². The number of hydrogen-bond acceptors (Lipinski definition) is 2. The van der Waals surface area contributed by atoms with Gasteiger partial charge >= 0.3 is 12.0 Å². The maximum Gasteiger partial charge on any atom is 0.460 e. The van der Waals surface area contributed by atoms with Crippen molar-refractivity contribution >= 4 is 6.47 Å². The molecular weight excluding hydrogens is 216 g/mol. The van der Waals surface area contributed by atoms with Gasteiger partial charge in [-0.15, -0.1) is 0 Å². The molecule has 0 aliphatic rings. The number of alkyl halides is 4. The second-order valence-electron chi connectivity index (χ2n) is 3.25. The van der Waals surface area contributed by atoms with Crippen LogP contribution in [-0.4, -0.2) is 18.5 Å². The molecule has 90 valence electrons. The maximum atomic E-state index is 13.1. The Morgan fingerprint density at radius 1 is 1.13 bits per heavy atom. The first-order valence-electron chi connectivity index (χ1n) is 4.74. The molecule has 0 bridgehead atoms. The summed E-state index contributed by atoms with van der Waals surface area (Å²) in [6, 6.07) is 0. The van der Waals surface area contributed by atoms with E-state index in [0.29, 0.717) is 6.42 Å². The average molecular weight is 230 g/mol. The van der Waals surface area contributed by atoms with Crippen molar-refractivity contribution < 1.29 is 27.1 Å². The summed E-state index contributed by atoms with van der Waals surface area (Å²) in [5, 5.41) is 0. The van der Waals surface area contributed by atoms with E-state index in [1.807, 2.05) is 6.92 Å². The quantitative estimate of drug-likeness (QED) is 0.381. The fraction of sp³-hybridized carbons (Fsp3) is 0.889. The summed E-state index contributed by atoms with van der Waals surface area (Å²) in [7, 11) is 0. The van der Waals surface area contributed by atoms with Crippen LogP contribution in [-0.2, 0) is 9.53 Å². The first kappa shape index (κ1) is 14.2. The molecule has 1 unspecified atom stereocenters. The van der Waals surface area contributed by atoms with Crippen molar-refractivity contribution in [1.82, 2.24) is 0 Å². The standard InChI is InChI=1S/C9H14F4O2/c1-2-3-4-5-6-8(10,15-7-14)9(11,12)13/h7H,2-6H2,1H3. The molecule has 0 spiro atoms. The van der Waals surface area contributed by atoms with Gasteiger partial charge in [0.25, 0.3) is 6.47 Å². The van der Waals surface area contributed by atoms with Crippen LogP contribution in [0.3, 0.4) is 0 Å². The first-order valence-corrected chi connectivity index (χ1v) is 4.74. The molecule has 6 heteroatoms. The van der Waals surface area contributed by atoms with Crippen LogP contribution in [0.4, 0.5) is 17.6 Å². The molecule has 2 nitrogen and oxygen atoms in total. The van der Waals surface area contributed by atoms with Crippen molar-refractivity contribution in [2.24, 2.45) is 0 Å². The normalized spacial score (nSPS) is 15.8. The molecule has 0 rings (SSSR count). The molecule has 0 aromatic rings. The second kappa shape index (κ2) is 5.92. The zero-order valence-corrected chi connectivity index (χ0v) is 8.44. The molecule has 0 amide bonds. The Balaban J connectivity index is 4.20. The molecular formula is C9H14F4O2. The second-order valence-corrected chi connectivity index (χ2v) is 3.25. The number of ether oxygens (including phenoxy) is 1. The predicted molar refractivity (Wildman–Crippen MR) is 45.8 cm³/mol. The largest absolute Gasteiger partial charge is 0.460 e. The van der Waals surface area contributed by atoms with E-state index in [-0.39, 0.29) is 6.42 Å². The van der Waals surface area contributed by atoms with Gasteiger partial charge in [0.15, 0.2) is 0 Å². The van der Waals surface area contributed by atoms with Crippen molar-refractivity contribution in [1.29, 1.82) is 0 Å². The van der Waals surface area contributed by atoms with Crippen molar-refractivity contribution in [2.45, 2.75) is 51.1 Å². The minimum Gasteiger partial charge on any atom is -0.421 e. The fourth-order valence-electron chi connectivity index (χ4n) is 1.12. The van der Waals surface area contributed by atoms with Crippen molar-refractivity contribution in [3.05, 3.63) is 0 Å². The third kappa shape index (κ3) is 4.48. The van der Waals surface area contributed by atoms with Crippen LogP contribution >= 0.6 is 0 Å². The SMILES string of the molecule is CCCCCCC(F)(OC=O)C(F)(F)F. The Morgan fingerprint density at radius 3 is 2.13 bits per heavy atom. The summed E-state index contributed by atoms with van der Waals surface area (Å²) >= 11 is 0. The zero-order chi connectivity index (χ0) is 11.9. The topological polar surface area (TPSA) is 26.3 Å². The molecule has 0 aromatic heterocycles. The third-order valence-electron chi connectivity index (χ3n) is 2.01. The van der Waals surface area contributed by atoms with Crippen LogP contribution in [0.25, 0.3) is 0 Å². The van der Waals surface area contributed by atoms with Crippen molar-refractivity contribution in [3.8, 4) is 0 Å². The lowest BCUT2D eigenvalue weighted by Crippen LogP contribution is -2.43. The Labute approximate surface area is 85.6 Å². The molecule has 0 saturated heterocycles. The van der Waals surface area contributed by atoms with Gasteiger partial charge in [0, 0.05) is 6.42 Å². The summed E-state index contributed by atoms with van der Waals surface area (Å²) in [6.07, 6.45) is -3.91. The minimum atomic E-state index is -5.17. The van der Waals surface area contributed by atoms with Gasteiger partial charge in [-0.1, -0.05) is 26.2 Å². The molecule has 15 heavy (non-hydrogen) atoms. The molecule has 0 fully saturated rings. The van der Waals surface area contributed by atoms with E-state index in [9.17, 15) is 22.4 Å². The summed E-state index contributed by atoms with van der Waals surface area (Å²) in [5.74, 6) is -3.83. The number of halogens is 4. The minimum absolute atomic E-state index is 0.0394. The van der Waals surface area contributed by atoms with E-state index in [4.69, 9.17) is 0 Å². The summed E-state index contributed by atoms with van der Waals surface area (Å²) in [5.41, 5.74) is 0. The lowest BCUT2D eigenvalue weighted by atomic mass is 10.1. The molecule has 0 aromatic carbocycles. The molecule has 0 N–H and O–H groups in total.